The number of rotatable bonds is 8. The molecule has 168 valence electrons. The third-order valence-corrected chi connectivity index (χ3v) is 4.83. The summed E-state index contributed by atoms with van der Waals surface area (Å²) in [7, 11) is 1.53. The minimum absolute atomic E-state index is 0.00933. The van der Waals surface area contributed by atoms with Crippen LogP contribution in [-0.2, 0) is 14.3 Å². The Bertz CT molecular complexity index is 1210. The number of non-ortho nitro benzene ring substituents is 1. The van der Waals surface area contributed by atoms with E-state index in [1.807, 2.05) is 18.2 Å². The van der Waals surface area contributed by atoms with Gasteiger partial charge in [0.25, 0.3) is 11.6 Å². The molecule has 0 aromatic heterocycles. The van der Waals surface area contributed by atoms with E-state index in [-0.39, 0.29) is 22.0 Å². The quantitative estimate of drug-likeness (QED) is 0.165. The molecule has 0 aliphatic heterocycles. The number of para-hydroxylation sites is 1. The van der Waals surface area contributed by atoms with Crippen LogP contribution in [0.4, 0.5) is 11.4 Å². The summed E-state index contributed by atoms with van der Waals surface area (Å²) in [5, 5.41) is 13.3. The highest BCUT2D eigenvalue weighted by atomic mass is 35.5. The van der Waals surface area contributed by atoms with E-state index >= 15 is 0 Å². The van der Waals surface area contributed by atoms with Crippen LogP contribution in [-0.4, -0.2) is 30.5 Å². The lowest BCUT2D eigenvalue weighted by molar-refractivity contribution is -0.384. The van der Waals surface area contributed by atoms with Crippen LogP contribution < -0.4 is 10.1 Å². The van der Waals surface area contributed by atoms with E-state index < -0.39 is 23.4 Å². The van der Waals surface area contributed by atoms with Crippen LogP contribution >= 0.6 is 11.6 Å². The lowest BCUT2D eigenvalue weighted by atomic mass is 10.0. The third kappa shape index (κ3) is 6.18. The second-order valence-corrected chi connectivity index (χ2v) is 7.12. The van der Waals surface area contributed by atoms with Crippen LogP contribution in [0.15, 0.2) is 72.8 Å². The number of carbonyl (C=O) groups excluding carboxylic acids is 2. The Labute approximate surface area is 194 Å². The second kappa shape index (κ2) is 10.9. The van der Waals surface area contributed by atoms with Gasteiger partial charge in [0.15, 0.2) is 6.61 Å². The summed E-state index contributed by atoms with van der Waals surface area (Å²) in [6.45, 7) is -0.581. The van der Waals surface area contributed by atoms with Crippen molar-refractivity contribution >= 4 is 46.5 Å². The van der Waals surface area contributed by atoms with Crippen LogP contribution in [0.1, 0.15) is 11.1 Å². The lowest BCUT2D eigenvalue weighted by Gasteiger charge is -2.11. The van der Waals surface area contributed by atoms with Crippen LogP contribution in [0.2, 0.25) is 5.02 Å². The van der Waals surface area contributed by atoms with Crippen LogP contribution in [0, 0.1) is 10.1 Å². The highest BCUT2D eigenvalue weighted by Gasteiger charge is 2.17. The monoisotopic (exact) mass is 466 g/mol. The predicted molar refractivity (Wildman–Crippen MR) is 125 cm³/mol. The number of ether oxygens (including phenoxy) is 2. The summed E-state index contributed by atoms with van der Waals surface area (Å²) >= 11 is 5.98. The number of hydrogen-bond donors (Lipinski definition) is 1. The first kappa shape index (κ1) is 23.5. The first-order chi connectivity index (χ1) is 15.9. The standard InChI is InChI=1S/C24H19ClN2O6/c1-32-22-10-6-5-9-17(22)13-19(16-7-3-2-4-8-16)24(29)33-15-23(28)26-21-12-11-18(27(30)31)14-20(21)25/h2-14H,15H2,1H3,(H,26,28)/b19-13+. The fourth-order valence-corrected chi connectivity index (χ4v) is 3.16. The maximum Gasteiger partial charge on any atom is 0.339 e. The summed E-state index contributed by atoms with van der Waals surface area (Å²) in [6, 6.07) is 19.7. The number of nitro groups is 1. The molecule has 3 aromatic rings. The molecule has 0 aliphatic rings. The smallest absolute Gasteiger partial charge is 0.339 e. The first-order valence-corrected chi connectivity index (χ1v) is 10.1. The first-order valence-electron chi connectivity index (χ1n) is 9.70. The van der Waals surface area contributed by atoms with E-state index in [2.05, 4.69) is 5.32 Å². The van der Waals surface area contributed by atoms with Gasteiger partial charge in [-0.05, 0) is 23.8 Å². The maximum absolute atomic E-state index is 12.9. The molecule has 9 heteroatoms. The van der Waals surface area contributed by atoms with Gasteiger partial charge in [0.2, 0.25) is 0 Å². The minimum Gasteiger partial charge on any atom is -0.496 e. The van der Waals surface area contributed by atoms with Crippen molar-refractivity contribution in [1.29, 1.82) is 0 Å². The van der Waals surface area contributed by atoms with Crippen molar-refractivity contribution in [1.82, 2.24) is 0 Å². The van der Waals surface area contributed by atoms with Gasteiger partial charge in [-0.1, -0.05) is 60.1 Å². The zero-order chi connectivity index (χ0) is 23.8. The van der Waals surface area contributed by atoms with Gasteiger partial charge in [-0.25, -0.2) is 4.79 Å². The van der Waals surface area contributed by atoms with Gasteiger partial charge in [-0.2, -0.15) is 0 Å². The van der Waals surface area contributed by atoms with E-state index in [0.29, 0.717) is 16.9 Å². The Morgan fingerprint density at radius 3 is 2.42 bits per heavy atom. The second-order valence-electron chi connectivity index (χ2n) is 6.71. The molecule has 3 aromatic carbocycles. The zero-order valence-corrected chi connectivity index (χ0v) is 18.2. The van der Waals surface area contributed by atoms with Crippen molar-refractivity contribution in [2.75, 3.05) is 19.0 Å². The van der Waals surface area contributed by atoms with Gasteiger partial charge < -0.3 is 14.8 Å². The third-order valence-electron chi connectivity index (χ3n) is 4.52. The lowest BCUT2D eigenvalue weighted by Crippen LogP contribution is -2.21. The molecule has 0 unspecified atom stereocenters. The number of carbonyl (C=O) groups is 2. The van der Waals surface area contributed by atoms with Crippen LogP contribution in [0.3, 0.4) is 0 Å². The Morgan fingerprint density at radius 1 is 1.06 bits per heavy atom. The molecule has 0 spiro atoms. The van der Waals surface area contributed by atoms with Crippen molar-refractivity contribution in [2.24, 2.45) is 0 Å². The van der Waals surface area contributed by atoms with Gasteiger partial charge in [-0.3, -0.25) is 14.9 Å². The van der Waals surface area contributed by atoms with Crippen molar-refractivity contribution in [3.63, 3.8) is 0 Å². The van der Waals surface area contributed by atoms with Gasteiger partial charge in [0.05, 0.1) is 28.3 Å². The Morgan fingerprint density at radius 2 is 1.76 bits per heavy atom. The zero-order valence-electron chi connectivity index (χ0n) is 17.5. The Hall–Kier alpha value is -4.17. The molecule has 1 amide bonds. The molecule has 3 rings (SSSR count). The Kier molecular flexibility index (Phi) is 7.77. The van der Waals surface area contributed by atoms with Crippen molar-refractivity contribution < 1.29 is 24.0 Å². The summed E-state index contributed by atoms with van der Waals surface area (Å²) < 4.78 is 10.6. The molecule has 1 N–H and O–H groups in total. The molecule has 8 nitrogen and oxygen atoms in total. The molecule has 0 saturated carbocycles. The van der Waals surface area contributed by atoms with E-state index in [9.17, 15) is 19.7 Å². The van der Waals surface area contributed by atoms with Crippen LogP contribution in [0.5, 0.6) is 5.75 Å². The predicted octanol–water partition coefficient (Wildman–Crippen LogP) is 4.98. The van der Waals surface area contributed by atoms with Crippen molar-refractivity contribution in [2.45, 2.75) is 0 Å². The average molecular weight is 467 g/mol. The fourth-order valence-electron chi connectivity index (χ4n) is 2.93. The molecule has 0 atom stereocenters. The fraction of sp³-hybridized carbons (Fsp3) is 0.0833. The summed E-state index contributed by atoms with van der Waals surface area (Å²) in [4.78, 5) is 35.4. The average Bonchev–Trinajstić information content (AvgIpc) is 2.83. The number of methoxy groups -OCH3 is 1. The molecule has 0 saturated heterocycles. The number of esters is 1. The number of nitrogens with zero attached hydrogens (tertiary/aromatic N) is 1. The summed E-state index contributed by atoms with van der Waals surface area (Å²) in [6.07, 6.45) is 1.63. The maximum atomic E-state index is 12.9. The topological polar surface area (TPSA) is 108 Å². The number of nitrogens with one attached hydrogen (secondary N) is 1. The van der Waals surface area contributed by atoms with Gasteiger partial charge in [0.1, 0.15) is 5.75 Å². The summed E-state index contributed by atoms with van der Waals surface area (Å²) in [5.41, 5.74) is 1.46. The number of amides is 1. The minimum atomic E-state index is -0.711. The van der Waals surface area contributed by atoms with Crippen molar-refractivity contribution in [3.8, 4) is 5.75 Å². The molecular weight excluding hydrogens is 448 g/mol. The molecular formula is C24H19ClN2O6. The number of hydrogen-bond acceptors (Lipinski definition) is 6. The molecule has 0 aliphatic carbocycles. The number of anilines is 1. The number of halogens is 1. The molecule has 0 fully saturated rings. The van der Waals surface area contributed by atoms with Gasteiger partial charge in [0, 0.05) is 17.7 Å². The highest BCUT2D eigenvalue weighted by Crippen LogP contribution is 2.27. The van der Waals surface area contributed by atoms with Crippen molar-refractivity contribution in [3.05, 3.63) is 99.1 Å². The normalized spacial score (nSPS) is 10.9. The molecule has 0 radical (unpaired) electrons. The molecule has 0 bridgehead atoms. The number of benzene rings is 3. The van der Waals surface area contributed by atoms with E-state index in [4.69, 9.17) is 21.1 Å². The van der Waals surface area contributed by atoms with E-state index in [1.54, 1.807) is 42.5 Å². The molecule has 33 heavy (non-hydrogen) atoms. The summed E-state index contributed by atoms with van der Waals surface area (Å²) in [5.74, 6) is -0.787. The van der Waals surface area contributed by atoms with E-state index in [0.717, 1.165) is 6.07 Å². The Balaban J connectivity index is 1.76. The SMILES string of the molecule is COc1ccccc1/C=C(/C(=O)OCC(=O)Nc1ccc([N+](=O)[O-])cc1Cl)c1ccccc1. The van der Waals surface area contributed by atoms with Gasteiger partial charge in [-0.15, -0.1) is 0 Å². The van der Waals surface area contributed by atoms with Gasteiger partial charge >= 0.3 is 5.97 Å². The van der Waals surface area contributed by atoms with Crippen LogP contribution in [0.25, 0.3) is 11.6 Å². The largest absolute Gasteiger partial charge is 0.496 e. The number of nitro benzene ring substituents is 1. The highest BCUT2D eigenvalue weighted by molar-refractivity contribution is 6.34. The van der Waals surface area contributed by atoms with E-state index in [1.165, 1.54) is 19.2 Å². The molecule has 0 heterocycles.